The molecule has 0 saturated carbocycles. The Morgan fingerprint density at radius 3 is 1.64 bits per heavy atom. The Labute approximate surface area is 444 Å². The zero-order chi connectivity index (χ0) is 54.4. The number of hydrogen-bond acceptors (Lipinski definition) is 18. The van der Waals surface area contributed by atoms with Gasteiger partial charge in [-0.05, 0) is 62.1 Å². The van der Waals surface area contributed by atoms with Gasteiger partial charge < -0.3 is 40.4 Å². The van der Waals surface area contributed by atoms with E-state index in [2.05, 4.69) is 79.9 Å². The molecule has 0 saturated heterocycles. The van der Waals surface area contributed by atoms with E-state index >= 15 is 0 Å². The number of para-hydroxylation sites is 6. The molecule has 0 amide bonds. The molecule has 2 atom stereocenters. The number of anilines is 8. The summed E-state index contributed by atoms with van der Waals surface area (Å²) < 4.78 is 0. The van der Waals surface area contributed by atoms with Gasteiger partial charge in [0.1, 0.15) is 11.4 Å². The minimum absolute atomic E-state index is 0.0314. The molecule has 1 aliphatic heterocycles. The molecule has 2 unspecified atom stereocenters. The van der Waals surface area contributed by atoms with Crippen LogP contribution in [-0.2, 0) is 12.8 Å². The Balaban J connectivity index is 0.000000186. The van der Waals surface area contributed by atoms with Crippen LogP contribution in [0, 0.1) is 20.2 Å². The molecule has 9 rings (SSSR count). The number of aliphatic hydroxyl groups is 4. The number of β-amino-alcohol motifs (C(OH)–C–C–N with tert-alkyl or cyclic N) is 1. The zero-order valence-electron chi connectivity index (χ0n) is 41.7. The van der Waals surface area contributed by atoms with E-state index in [9.17, 15) is 30.4 Å². The van der Waals surface area contributed by atoms with Gasteiger partial charge in [0.15, 0.2) is 33.6 Å². The van der Waals surface area contributed by atoms with Crippen LogP contribution >= 0.6 is 23.2 Å². The number of aliphatic hydroxyl groups excluding tert-OH is 4. The van der Waals surface area contributed by atoms with E-state index in [0.29, 0.717) is 29.7 Å². The normalized spacial score (nSPS) is 12.5. The fourth-order valence-electron chi connectivity index (χ4n) is 7.58. The second kappa shape index (κ2) is 29.0. The number of fused-ring (bicyclic) bond motifs is 3. The van der Waals surface area contributed by atoms with Crippen LogP contribution in [0.5, 0.6) is 0 Å². The lowest BCUT2D eigenvalue weighted by atomic mass is 9.88. The van der Waals surface area contributed by atoms with Crippen LogP contribution in [0.15, 0.2) is 158 Å². The number of hydrogen-bond donors (Lipinski definition) is 5. The lowest BCUT2D eigenvalue weighted by Gasteiger charge is -2.32. The summed E-state index contributed by atoms with van der Waals surface area (Å²) in [6, 6.07) is 28.8. The summed E-state index contributed by atoms with van der Waals surface area (Å²) in [5.41, 5.74) is 8.32. The molecule has 392 valence electrons. The van der Waals surface area contributed by atoms with Crippen LogP contribution in [0.4, 0.5) is 57.4 Å². The van der Waals surface area contributed by atoms with Crippen molar-refractivity contribution in [2.24, 2.45) is 0 Å². The fourth-order valence-corrected chi connectivity index (χ4v) is 7.99. The number of benzene rings is 4. The maximum absolute atomic E-state index is 11.2. The van der Waals surface area contributed by atoms with Crippen molar-refractivity contribution in [3.8, 4) is 0 Å². The molecule has 1 aliphatic carbocycles. The number of nitro groups is 2. The standard InChI is InChI=1S/C13H13ClN4O4.C13H11ClN4O2.C13H14N4O2.C12H14.C2H6/c14-12-13(16-6-5-15-12)17(7-9(20)8-19)10-3-1-2-4-11(10)18(21)22;1-2-9-17(13-12(14)15-7-8-16-13)10-5-3-4-6-11(10)18(19)20;18-8-9(19)7-17-11-4-2-1-3-10(11)16-12-13(17)15-6-5-14-12;1-9-7-11-5-3-4-6-12(11)8-10(9)2;1-2/h1-6,9,19-20H,7-8H2;2-8H,1,9H2;1-6,9,18-19H,7-8H2,(H,14,16);3-6H,7-8H2,1-2H3;1-2H3. The van der Waals surface area contributed by atoms with Crippen LogP contribution in [-0.4, -0.2) is 105 Å². The lowest BCUT2D eigenvalue weighted by Crippen LogP contribution is -2.34. The largest absolute Gasteiger partial charge is 0.394 e. The molecular weight excluding hydrogens is 1000 g/mol. The van der Waals surface area contributed by atoms with E-state index in [-0.39, 0.29) is 52.9 Å². The number of allylic oxidation sites excluding steroid dienone is 2. The Morgan fingerprint density at radius 2 is 1.12 bits per heavy atom. The SMILES string of the molecule is C=CCN(c1ccccc1[N+](=O)[O-])c1nccnc1Cl.CC.CC1=C(C)Cc2ccccc2C1.O=[N+]([O-])c1ccccc1N(CC(O)CO)c1nccnc1Cl.OCC(O)CN1c2ccccc2Nc2nccnc21. The Morgan fingerprint density at radius 1 is 0.667 bits per heavy atom. The predicted octanol–water partition coefficient (Wildman–Crippen LogP) is 10.1. The molecule has 0 fully saturated rings. The van der Waals surface area contributed by atoms with Gasteiger partial charge in [0.25, 0.3) is 11.4 Å². The van der Waals surface area contributed by atoms with E-state index in [0.717, 1.165) is 24.2 Å². The third-order valence-electron chi connectivity index (χ3n) is 11.2. The predicted molar refractivity (Wildman–Crippen MR) is 293 cm³/mol. The first kappa shape index (κ1) is 57.9. The first-order valence-corrected chi connectivity index (χ1v) is 24.3. The summed E-state index contributed by atoms with van der Waals surface area (Å²) in [5, 5.41) is 63.2. The molecule has 7 aromatic rings. The Kier molecular flexibility index (Phi) is 22.4. The van der Waals surface area contributed by atoms with Crippen molar-refractivity contribution in [3.05, 3.63) is 200 Å². The third-order valence-corrected chi connectivity index (χ3v) is 11.7. The zero-order valence-corrected chi connectivity index (χ0v) is 43.2. The summed E-state index contributed by atoms with van der Waals surface area (Å²) in [7, 11) is 0. The van der Waals surface area contributed by atoms with Crippen molar-refractivity contribution in [2.75, 3.05) is 52.9 Å². The lowest BCUT2D eigenvalue weighted by molar-refractivity contribution is -0.384. The average Bonchev–Trinajstić information content (AvgIpc) is 3.43. The van der Waals surface area contributed by atoms with Gasteiger partial charge in [0.05, 0.1) is 59.7 Å². The topological polar surface area (TPSA) is 266 Å². The van der Waals surface area contributed by atoms with E-state index in [4.69, 9.17) is 33.4 Å². The molecule has 4 heterocycles. The first-order chi connectivity index (χ1) is 36.3. The number of rotatable bonds is 14. The summed E-state index contributed by atoms with van der Waals surface area (Å²) in [5.74, 6) is 1.80. The highest BCUT2D eigenvalue weighted by Gasteiger charge is 2.27. The highest BCUT2D eigenvalue weighted by atomic mass is 35.5. The molecule has 0 radical (unpaired) electrons. The fraction of sp³-hybridized carbons (Fsp3) is 0.245. The molecular formula is C53H58Cl2N12O8. The van der Waals surface area contributed by atoms with Crippen molar-refractivity contribution in [2.45, 2.75) is 52.7 Å². The van der Waals surface area contributed by atoms with Crippen LogP contribution < -0.4 is 20.0 Å². The number of nitro benzene ring substituents is 2. The Bertz CT molecular complexity index is 2970. The Hall–Kier alpha value is -7.98. The van der Waals surface area contributed by atoms with Gasteiger partial charge in [-0.15, -0.1) is 6.58 Å². The summed E-state index contributed by atoms with van der Waals surface area (Å²) in [6.45, 7) is 11.8. The van der Waals surface area contributed by atoms with Crippen molar-refractivity contribution >= 4 is 80.6 Å². The summed E-state index contributed by atoms with van der Waals surface area (Å²) in [4.78, 5) is 50.7. The van der Waals surface area contributed by atoms with E-state index in [1.165, 1.54) is 65.1 Å². The number of halogens is 2. The van der Waals surface area contributed by atoms with Crippen LogP contribution in [0.3, 0.4) is 0 Å². The maximum Gasteiger partial charge on any atom is 0.292 e. The van der Waals surface area contributed by atoms with Gasteiger partial charge in [-0.25, -0.2) is 29.9 Å². The quantitative estimate of drug-likeness (QED) is 0.0385. The van der Waals surface area contributed by atoms with E-state index in [1.54, 1.807) is 58.8 Å². The van der Waals surface area contributed by atoms with Crippen LogP contribution in [0.25, 0.3) is 0 Å². The third kappa shape index (κ3) is 15.5. The minimum atomic E-state index is -1.13. The van der Waals surface area contributed by atoms with Gasteiger partial charge in [-0.3, -0.25) is 20.2 Å². The maximum atomic E-state index is 11.2. The van der Waals surface area contributed by atoms with Crippen LogP contribution in [0.1, 0.15) is 38.8 Å². The smallest absolute Gasteiger partial charge is 0.292 e. The van der Waals surface area contributed by atoms with Crippen LogP contribution in [0.2, 0.25) is 10.3 Å². The number of nitrogens with zero attached hydrogens (tertiary/aromatic N) is 11. The summed E-state index contributed by atoms with van der Waals surface area (Å²) >= 11 is 12.0. The molecule has 0 bridgehead atoms. The molecule has 0 spiro atoms. The van der Waals surface area contributed by atoms with Crippen molar-refractivity contribution < 1.29 is 30.3 Å². The van der Waals surface area contributed by atoms with E-state index in [1.807, 2.05) is 43.0 Å². The summed E-state index contributed by atoms with van der Waals surface area (Å²) in [6.07, 6.45) is 10.9. The van der Waals surface area contributed by atoms with Gasteiger partial charge in [-0.2, -0.15) is 0 Å². The molecule has 2 aliphatic rings. The molecule has 4 aromatic carbocycles. The molecule has 3 aromatic heterocycles. The van der Waals surface area contributed by atoms with Gasteiger partial charge in [0, 0.05) is 55.9 Å². The molecule has 20 nitrogen and oxygen atoms in total. The molecule has 5 N–H and O–H groups in total. The van der Waals surface area contributed by atoms with E-state index < -0.39 is 28.7 Å². The molecule has 22 heteroatoms. The second-order valence-corrected chi connectivity index (χ2v) is 16.9. The van der Waals surface area contributed by atoms with Crippen molar-refractivity contribution in [1.29, 1.82) is 0 Å². The first-order valence-electron chi connectivity index (χ1n) is 23.6. The minimum Gasteiger partial charge on any atom is -0.394 e. The van der Waals surface area contributed by atoms with Crippen molar-refractivity contribution in [3.63, 3.8) is 0 Å². The highest BCUT2D eigenvalue weighted by Crippen LogP contribution is 2.41. The number of aromatic nitrogens is 6. The number of nitrogens with one attached hydrogen (secondary N) is 1. The average molecular weight is 1060 g/mol. The van der Waals surface area contributed by atoms with Crippen molar-refractivity contribution in [1.82, 2.24) is 29.9 Å². The highest BCUT2D eigenvalue weighted by molar-refractivity contribution is 6.32. The molecule has 75 heavy (non-hydrogen) atoms. The van der Waals surface area contributed by atoms with Gasteiger partial charge in [-0.1, -0.05) is 115 Å². The van der Waals surface area contributed by atoms with Gasteiger partial charge >= 0.3 is 0 Å². The monoisotopic (exact) mass is 1060 g/mol. The second-order valence-electron chi connectivity index (χ2n) is 16.2. The van der Waals surface area contributed by atoms with Gasteiger partial charge in [0.2, 0.25) is 0 Å².